The Morgan fingerprint density at radius 1 is 1.16 bits per heavy atom. The highest BCUT2D eigenvalue weighted by atomic mass is 35.5. The molecule has 1 atom stereocenters. The maximum absolute atomic E-state index is 14.7. The predicted octanol–water partition coefficient (Wildman–Crippen LogP) is 3.70. The molecule has 2 aliphatic heterocycles. The minimum atomic E-state index is -4.24. The van der Waals surface area contributed by atoms with E-state index in [0.29, 0.717) is 32.0 Å². The summed E-state index contributed by atoms with van der Waals surface area (Å²) in [5.74, 6) is -0.477. The third-order valence-corrected chi connectivity index (χ3v) is 7.03. The number of anilines is 2. The van der Waals surface area contributed by atoms with Crippen molar-refractivity contribution in [1.82, 2.24) is 0 Å². The first-order chi connectivity index (χ1) is 15.3. The Balaban J connectivity index is 1.50. The van der Waals surface area contributed by atoms with Gasteiger partial charge in [0.25, 0.3) is 10.1 Å². The molecule has 2 aliphatic rings. The van der Waals surface area contributed by atoms with Crippen LogP contribution in [0.2, 0.25) is 10.0 Å². The molecule has 0 aromatic heterocycles. The van der Waals surface area contributed by atoms with Gasteiger partial charge in [-0.25, -0.2) is 9.18 Å². The largest absolute Gasteiger partial charge is 0.441 e. The molecular formula is C20H19Cl2FN2O6S. The summed E-state index contributed by atoms with van der Waals surface area (Å²) in [6.07, 6.45) is -1.62. The maximum atomic E-state index is 14.7. The molecule has 2 aromatic carbocycles. The standard InChI is InChI=1S/C20H19Cl2FN2O6S/c21-13-4-5-15(22)18(10-13)32(27,28)30-12-14-11-25(20(26)31-14)17-3-1-2-16(23)19(17)24-6-8-29-9-7-24/h1-5,10,14H,6-9,11-12H2. The van der Waals surface area contributed by atoms with E-state index in [1.54, 1.807) is 11.0 Å². The smallest absolute Gasteiger partial charge is 0.414 e. The monoisotopic (exact) mass is 504 g/mol. The Morgan fingerprint density at radius 3 is 2.66 bits per heavy atom. The van der Waals surface area contributed by atoms with Crippen LogP contribution in [0, 0.1) is 5.82 Å². The molecule has 12 heteroatoms. The van der Waals surface area contributed by atoms with Crippen LogP contribution in [-0.4, -0.2) is 60.1 Å². The molecule has 0 aliphatic carbocycles. The van der Waals surface area contributed by atoms with Gasteiger partial charge in [-0.05, 0) is 30.3 Å². The number of benzene rings is 2. The summed E-state index contributed by atoms with van der Waals surface area (Å²) in [6.45, 7) is 1.38. The molecule has 2 heterocycles. The van der Waals surface area contributed by atoms with E-state index in [-0.39, 0.29) is 27.2 Å². The molecule has 2 fully saturated rings. The number of hydrogen-bond acceptors (Lipinski definition) is 7. The van der Waals surface area contributed by atoms with Gasteiger partial charge in [0.05, 0.1) is 36.2 Å². The van der Waals surface area contributed by atoms with E-state index in [1.807, 2.05) is 0 Å². The van der Waals surface area contributed by atoms with E-state index in [0.717, 1.165) is 0 Å². The van der Waals surface area contributed by atoms with Gasteiger partial charge in [0.1, 0.15) is 23.4 Å². The number of morpholine rings is 1. The second-order valence-electron chi connectivity index (χ2n) is 7.14. The number of cyclic esters (lactones) is 1. The van der Waals surface area contributed by atoms with Crippen molar-refractivity contribution in [3.63, 3.8) is 0 Å². The molecule has 1 unspecified atom stereocenters. The zero-order valence-electron chi connectivity index (χ0n) is 16.7. The molecule has 172 valence electrons. The summed E-state index contributed by atoms with van der Waals surface area (Å²) in [5, 5.41) is 0.131. The SMILES string of the molecule is O=C1OC(COS(=O)(=O)c2cc(Cl)ccc2Cl)CN1c1cccc(F)c1N1CCOCC1. The topological polar surface area (TPSA) is 85.4 Å². The summed E-state index contributed by atoms with van der Waals surface area (Å²) in [5.41, 5.74) is 0.604. The van der Waals surface area contributed by atoms with Crippen molar-refractivity contribution >= 4 is 50.8 Å². The lowest BCUT2D eigenvalue weighted by Crippen LogP contribution is -2.38. The molecule has 0 bridgehead atoms. The highest BCUT2D eigenvalue weighted by Gasteiger charge is 2.36. The number of carbonyl (C=O) groups is 1. The van der Waals surface area contributed by atoms with E-state index in [1.165, 1.54) is 35.2 Å². The van der Waals surface area contributed by atoms with Crippen LogP contribution in [0.1, 0.15) is 0 Å². The summed E-state index contributed by atoms with van der Waals surface area (Å²) in [7, 11) is -4.24. The highest BCUT2D eigenvalue weighted by Crippen LogP contribution is 2.35. The van der Waals surface area contributed by atoms with Crippen LogP contribution in [0.5, 0.6) is 0 Å². The summed E-state index contributed by atoms with van der Waals surface area (Å²) >= 11 is 11.8. The third-order valence-electron chi connectivity index (χ3n) is 5.03. The first-order valence-electron chi connectivity index (χ1n) is 9.70. The van der Waals surface area contributed by atoms with Gasteiger partial charge in [0.2, 0.25) is 0 Å². The van der Waals surface area contributed by atoms with E-state index in [4.69, 9.17) is 36.9 Å². The van der Waals surface area contributed by atoms with Crippen LogP contribution in [-0.2, 0) is 23.8 Å². The summed E-state index contributed by atoms with van der Waals surface area (Å²) in [6, 6.07) is 8.39. The molecule has 2 saturated heterocycles. The van der Waals surface area contributed by atoms with Gasteiger partial charge in [-0.3, -0.25) is 9.08 Å². The lowest BCUT2D eigenvalue weighted by Gasteiger charge is -2.32. The van der Waals surface area contributed by atoms with Gasteiger partial charge >= 0.3 is 6.09 Å². The molecule has 4 rings (SSSR count). The molecule has 0 N–H and O–H groups in total. The Kier molecular flexibility index (Phi) is 6.78. The fraction of sp³-hybridized carbons (Fsp3) is 0.350. The van der Waals surface area contributed by atoms with Gasteiger partial charge in [0, 0.05) is 18.1 Å². The zero-order chi connectivity index (χ0) is 22.9. The van der Waals surface area contributed by atoms with Crippen molar-refractivity contribution in [3.8, 4) is 0 Å². The highest BCUT2D eigenvalue weighted by molar-refractivity contribution is 7.86. The summed E-state index contributed by atoms with van der Waals surface area (Å²) in [4.78, 5) is 15.3. The van der Waals surface area contributed by atoms with Gasteiger partial charge < -0.3 is 14.4 Å². The van der Waals surface area contributed by atoms with Crippen LogP contribution in [0.3, 0.4) is 0 Å². The van der Waals surface area contributed by atoms with Crippen molar-refractivity contribution < 1.29 is 31.3 Å². The van der Waals surface area contributed by atoms with E-state index in [2.05, 4.69) is 0 Å². The van der Waals surface area contributed by atoms with Crippen molar-refractivity contribution in [2.45, 2.75) is 11.0 Å². The van der Waals surface area contributed by atoms with Gasteiger partial charge in [-0.15, -0.1) is 0 Å². The predicted molar refractivity (Wildman–Crippen MR) is 117 cm³/mol. The Hall–Kier alpha value is -2.11. The molecule has 0 saturated carbocycles. The Labute approximate surface area is 194 Å². The van der Waals surface area contributed by atoms with Crippen LogP contribution in [0.15, 0.2) is 41.3 Å². The number of halogens is 3. The average molecular weight is 505 g/mol. The van der Waals surface area contributed by atoms with Gasteiger partial charge in [0.15, 0.2) is 0 Å². The molecule has 0 radical (unpaired) electrons. The number of ether oxygens (including phenoxy) is 2. The number of rotatable bonds is 6. The fourth-order valence-electron chi connectivity index (χ4n) is 3.52. The van der Waals surface area contributed by atoms with Crippen LogP contribution >= 0.6 is 23.2 Å². The Bertz CT molecular complexity index is 1130. The number of nitrogens with zero attached hydrogens (tertiary/aromatic N) is 2. The third kappa shape index (κ3) is 4.79. The average Bonchev–Trinajstić information content (AvgIpc) is 3.15. The van der Waals surface area contributed by atoms with Crippen molar-refractivity contribution in [3.05, 3.63) is 52.3 Å². The van der Waals surface area contributed by atoms with Crippen molar-refractivity contribution in [2.24, 2.45) is 0 Å². The second kappa shape index (κ2) is 9.40. The van der Waals surface area contributed by atoms with Crippen LogP contribution < -0.4 is 9.80 Å². The van der Waals surface area contributed by atoms with Crippen molar-refractivity contribution in [1.29, 1.82) is 0 Å². The van der Waals surface area contributed by atoms with Gasteiger partial charge in [-0.1, -0.05) is 29.3 Å². The lowest BCUT2D eigenvalue weighted by atomic mass is 10.2. The van der Waals surface area contributed by atoms with Crippen LogP contribution in [0.4, 0.5) is 20.6 Å². The quantitative estimate of drug-likeness (QED) is 0.554. The van der Waals surface area contributed by atoms with E-state index >= 15 is 0 Å². The zero-order valence-corrected chi connectivity index (χ0v) is 19.0. The van der Waals surface area contributed by atoms with E-state index in [9.17, 15) is 17.6 Å². The molecule has 32 heavy (non-hydrogen) atoms. The number of amides is 1. The van der Waals surface area contributed by atoms with Crippen molar-refractivity contribution in [2.75, 3.05) is 49.3 Å². The maximum Gasteiger partial charge on any atom is 0.414 e. The molecule has 8 nitrogen and oxygen atoms in total. The number of hydrogen-bond donors (Lipinski definition) is 0. The number of carbonyl (C=O) groups excluding carboxylic acids is 1. The number of para-hydroxylation sites is 1. The first kappa shape index (κ1) is 23.1. The molecule has 1 amide bonds. The van der Waals surface area contributed by atoms with Crippen LogP contribution in [0.25, 0.3) is 0 Å². The Morgan fingerprint density at radius 2 is 1.91 bits per heavy atom. The van der Waals surface area contributed by atoms with E-state index < -0.39 is 34.7 Å². The molecule has 2 aromatic rings. The minimum absolute atomic E-state index is 0.0155. The molecule has 0 spiro atoms. The first-order valence-corrected chi connectivity index (χ1v) is 11.9. The second-order valence-corrected chi connectivity index (χ2v) is 9.56. The molecular weight excluding hydrogens is 486 g/mol. The van der Waals surface area contributed by atoms with Gasteiger partial charge in [-0.2, -0.15) is 8.42 Å². The normalized spacial score (nSPS) is 19.3. The summed E-state index contributed by atoms with van der Waals surface area (Å²) < 4.78 is 55.4. The fourth-order valence-corrected chi connectivity index (χ4v) is 5.20. The lowest BCUT2D eigenvalue weighted by molar-refractivity contribution is 0.107. The minimum Gasteiger partial charge on any atom is -0.441 e.